The first-order valence-electron chi connectivity index (χ1n) is 6.51. The molecule has 2 aromatic rings. The van der Waals surface area contributed by atoms with Crippen LogP contribution in [0.3, 0.4) is 0 Å². The van der Waals surface area contributed by atoms with Crippen LogP contribution in [-0.4, -0.2) is 23.5 Å². The van der Waals surface area contributed by atoms with Crippen molar-refractivity contribution >= 4 is 16.8 Å². The lowest BCUT2D eigenvalue weighted by Gasteiger charge is -2.06. The molecule has 0 unspecified atom stereocenters. The van der Waals surface area contributed by atoms with Gasteiger partial charge in [-0.05, 0) is 18.4 Å². The average molecular weight is 242 g/mol. The molecule has 1 aromatic heterocycles. The van der Waals surface area contributed by atoms with Crippen LogP contribution in [0.4, 0.5) is 0 Å². The molecule has 0 saturated carbocycles. The number of para-hydroxylation sites is 1. The topological polar surface area (TPSA) is 37.4 Å². The fourth-order valence-corrected chi connectivity index (χ4v) is 2.48. The highest BCUT2D eigenvalue weighted by atomic mass is 16.5. The average Bonchev–Trinajstić information content (AvgIpc) is 2.94. The Morgan fingerprint density at radius 1 is 1.39 bits per heavy atom. The number of hydrogen-bond acceptors (Lipinski definition) is 2. The molecule has 1 aliphatic rings. The number of H-pyrrole nitrogens is 1. The van der Waals surface area contributed by atoms with E-state index in [1.54, 1.807) is 0 Å². The quantitative estimate of drug-likeness (QED) is 0.880. The molecule has 18 heavy (non-hydrogen) atoms. The number of aliphatic imine (C=N–C) groups is 1. The first-order chi connectivity index (χ1) is 8.74. The summed E-state index contributed by atoms with van der Waals surface area (Å²) in [6.07, 6.45) is 3.08. The number of nitrogens with one attached hydrogen (secondary N) is 1. The number of aromatic amines is 1. The van der Waals surface area contributed by atoms with Crippen molar-refractivity contribution in [3.05, 3.63) is 36.0 Å². The van der Waals surface area contributed by atoms with Crippen molar-refractivity contribution in [2.45, 2.75) is 26.3 Å². The minimum absolute atomic E-state index is 0.314. The molecule has 1 aliphatic heterocycles. The van der Waals surface area contributed by atoms with E-state index in [0.717, 1.165) is 23.4 Å². The van der Waals surface area contributed by atoms with Crippen molar-refractivity contribution in [3.8, 4) is 0 Å². The SMILES string of the molecule is CC(C)C[C@@H]1COC(c2c[nH]c3ccccc23)=N1. The Morgan fingerprint density at radius 2 is 2.22 bits per heavy atom. The zero-order valence-corrected chi connectivity index (χ0v) is 10.8. The maximum absolute atomic E-state index is 5.75. The monoisotopic (exact) mass is 242 g/mol. The number of hydrogen-bond donors (Lipinski definition) is 1. The van der Waals surface area contributed by atoms with Gasteiger partial charge in [-0.15, -0.1) is 0 Å². The zero-order chi connectivity index (χ0) is 12.5. The van der Waals surface area contributed by atoms with Gasteiger partial charge in [-0.3, -0.25) is 0 Å². The molecule has 1 N–H and O–H groups in total. The molecular formula is C15H18N2O. The van der Waals surface area contributed by atoms with Gasteiger partial charge in [-0.25, -0.2) is 4.99 Å². The minimum Gasteiger partial charge on any atom is -0.475 e. The molecule has 3 rings (SSSR count). The molecule has 0 amide bonds. The van der Waals surface area contributed by atoms with Gasteiger partial charge in [0.25, 0.3) is 0 Å². The van der Waals surface area contributed by atoms with E-state index in [1.807, 2.05) is 18.3 Å². The van der Waals surface area contributed by atoms with Crippen molar-refractivity contribution in [2.24, 2.45) is 10.9 Å². The summed E-state index contributed by atoms with van der Waals surface area (Å²) in [5.74, 6) is 1.45. The molecule has 94 valence electrons. The second kappa shape index (κ2) is 4.48. The van der Waals surface area contributed by atoms with E-state index in [1.165, 1.54) is 5.39 Å². The van der Waals surface area contributed by atoms with Crippen LogP contribution < -0.4 is 0 Å². The number of aromatic nitrogens is 1. The summed E-state index contributed by atoms with van der Waals surface area (Å²) in [7, 11) is 0. The molecule has 0 fully saturated rings. The van der Waals surface area contributed by atoms with E-state index >= 15 is 0 Å². The molecule has 3 nitrogen and oxygen atoms in total. The number of fused-ring (bicyclic) bond motifs is 1. The Balaban J connectivity index is 1.91. The summed E-state index contributed by atoms with van der Waals surface area (Å²) < 4.78 is 5.75. The molecule has 0 bridgehead atoms. The molecular weight excluding hydrogens is 224 g/mol. The van der Waals surface area contributed by atoms with Gasteiger partial charge in [0.1, 0.15) is 6.61 Å². The summed E-state index contributed by atoms with van der Waals surface area (Å²) in [5.41, 5.74) is 2.21. The Bertz CT molecular complexity index is 583. The maximum atomic E-state index is 5.75. The predicted molar refractivity (Wildman–Crippen MR) is 74.0 cm³/mol. The van der Waals surface area contributed by atoms with Gasteiger partial charge in [0.05, 0.1) is 11.6 Å². The summed E-state index contributed by atoms with van der Waals surface area (Å²) in [4.78, 5) is 7.96. The first-order valence-corrected chi connectivity index (χ1v) is 6.51. The standard InChI is InChI=1S/C15H18N2O/c1-10(2)7-11-9-18-15(17-11)13-8-16-14-6-4-3-5-12(13)14/h3-6,8,10-11,16H,7,9H2,1-2H3/t11-/m1/s1. The van der Waals surface area contributed by atoms with Crippen molar-refractivity contribution in [2.75, 3.05) is 6.61 Å². The largest absolute Gasteiger partial charge is 0.475 e. The second-order valence-corrected chi connectivity index (χ2v) is 5.28. The van der Waals surface area contributed by atoms with Gasteiger partial charge in [0.15, 0.2) is 0 Å². The zero-order valence-electron chi connectivity index (χ0n) is 10.8. The van der Waals surface area contributed by atoms with Crippen molar-refractivity contribution in [1.82, 2.24) is 4.98 Å². The van der Waals surface area contributed by atoms with Crippen LogP contribution in [0.2, 0.25) is 0 Å². The smallest absolute Gasteiger partial charge is 0.218 e. The van der Waals surface area contributed by atoms with Gasteiger partial charge in [-0.2, -0.15) is 0 Å². The van der Waals surface area contributed by atoms with Crippen LogP contribution in [0, 0.1) is 5.92 Å². The maximum Gasteiger partial charge on any atom is 0.218 e. The number of ether oxygens (including phenoxy) is 1. The summed E-state index contributed by atoms with van der Waals surface area (Å²) in [5, 5.41) is 1.18. The van der Waals surface area contributed by atoms with Gasteiger partial charge in [0.2, 0.25) is 5.90 Å². The fourth-order valence-electron chi connectivity index (χ4n) is 2.48. The van der Waals surface area contributed by atoms with Crippen LogP contribution in [0.1, 0.15) is 25.8 Å². The van der Waals surface area contributed by atoms with E-state index in [0.29, 0.717) is 18.6 Å². The second-order valence-electron chi connectivity index (χ2n) is 5.28. The number of nitrogens with zero attached hydrogens (tertiary/aromatic N) is 1. The third kappa shape index (κ3) is 2.01. The Hall–Kier alpha value is -1.77. The molecule has 0 radical (unpaired) electrons. The van der Waals surface area contributed by atoms with Crippen molar-refractivity contribution < 1.29 is 4.74 Å². The van der Waals surface area contributed by atoms with E-state index in [2.05, 4.69) is 31.0 Å². The van der Waals surface area contributed by atoms with Crippen LogP contribution in [-0.2, 0) is 4.74 Å². The molecule has 1 atom stereocenters. The lowest BCUT2D eigenvalue weighted by atomic mass is 10.1. The Labute approximate surface area is 107 Å². The van der Waals surface area contributed by atoms with E-state index in [4.69, 9.17) is 9.73 Å². The Morgan fingerprint density at radius 3 is 3.06 bits per heavy atom. The third-order valence-electron chi connectivity index (χ3n) is 3.28. The molecule has 3 heteroatoms. The van der Waals surface area contributed by atoms with E-state index in [9.17, 15) is 0 Å². The Kier molecular flexibility index (Phi) is 2.82. The summed E-state index contributed by atoms with van der Waals surface area (Å²) >= 11 is 0. The lowest BCUT2D eigenvalue weighted by molar-refractivity contribution is 0.301. The number of benzene rings is 1. The highest BCUT2D eigenvalue weighted by molar-refractivity contribution is 6.07. The lowest BCUT2D eigenvalue weighted by Crippen LogP contribution is -2.09. The van der Waals surface area contributed by atoms with E-state index < -0.39 is 0 Å². The van der Waals surface area contributed by atoms with Crippen LogP contribution in [0.15, 0.2) is 35.5 Å². The van der Waals surface area contributed by atoms with Crippen LogP contribution >= 0.6 is 0 Å². The van der Waals surface area contributed by atoms with E-state index in [-0.39, 0.29) is 0 Å². The van der Waals surface area contributed by atoms with Crippen LogP contribution in [0.5, 0.6) is 0 Å². The molecule has 2 heterocycles. The third-order valence-corrected chi connectivity index (χ3v) is 3.28. The molecule has 0 aliphatic carbocycles. The minimum atomic E-state index is 0.314. The van der Waals surface area contributed by atoms with Crippen LogP contribution in [0.25, 0.3) is 10.9 Å². The van der Waals surface area contributed by atoms with Gasteiger partial charge in [-0.1, -0.05) is 32.0 Å². The highest BCUT2D eigenvalue weighted by Crippen LogP contribution is 2.23. The normalized spacial score (nSPS) is 19.3. The van der Waals surface area contributed by atoms with Crippen molar-refractivity contribution in [3.63, 3.8) is 0 Å². The van der Waals surface area contributed by atoms with Gasteiger partial charge >= 0.3 is 0 Å². The van der Waals surface area contributed by atoms with Gasteiger partial charge < -0.3 is 9.72 Å². The van der Waals surface area contributed by atoms with Crippen molar-refractivity contribution in [1.29, 1.82) is 0 Å². The molecule has 0 saturated heterocycles. The molecule has 0 spiro atoms. The fraction of sp³-hybridized carbons (Fsp3) is 0.400. The first kappa shape index (κ1) is 11.3. The van der Waals surface area contributed by atoms with Gasteiger partial charge in [0, 0.05) is 17.1 Å². The molecule has 1 aromatic carbocycles. The highest BCUT2D eigenvalue weighted by Gasteiger charge is 2.22. The summed E-state index contributed by atoms with van der Waals surface area (Å²) in [6.45, 7) is 5.16. The summed E-state index contributed by atoms with van der Waals surface area (Å²) in [6, 6.07) is 8.55. The predicted octanol–water partition coefficient (Wildman–Crippen LogP) is 3.36. The number of rotatable bonds is 3.